The van der Waals surface area contributed by atoms with Gasteiger partial charge in [0, 0.05) is 56.8 Å². The van der Waals surface area contributed by atoms with Crippen molar-refractivity contribution in [2.24, 2.45) is 35.5 Å². The number of piperidine rings is 1. The molecule has 344 valence electrons. The quantitative estimate of drug-likeness (QED) is 0.185. The molecular formula is C47H73NO13. The van der Waals surface area contributed by atoms with Gasteiger partial charge in [0.05, 0.1) is 55.3 Å². The molecule has 3 spiro atoms. The molecule has 0 aromatic heterocycles. The molecule has 0 aromatic rings. The predicted octanol–water partition coefficient (Wildman–Crippen LogP) is 5.45. The van der Waals surface area contributed by atoms with Crippen LogP contribution in [0.4, 0.5) is 0 Å². The van der Waals surface area contributed by atoms with E-state index >= 15 is 0 Å². The molecule has 9 saturated heterocycles. The number of rotatable bonds is 9. The van der Waals surface area contributed by atoms with E-state index in [-0.39, 0.29) is 66.7 Å². The van der Waals surface area contributed by atoms with E-state index in [2.05, 4.69) is 46.5 Å². The van der Waals surface area contributed by atoms with Gasteiger partial charge < -0.3 is 58.3 Å². The largest absolute Gasteiger partial charge is 0.481 e. The molecule has 9 rings (SSSR count). The molecular weight excluding hydrogens is 787 g/mol. The highest BCUT2D eigenvalue weighted by Gasteiger charge is 2.64. The molecule has 5 N–H and O–H groups in total. The van der Waals surface area contributed by atoms with E-state index in [1.54, 1.807) is 6.08 Å². The monoisotopic (exact) mass is 860 g/mol. The Labute approximate surface area is 361 Å². The second-order valence-electron chi connectivity index (χ2n) is 21.4. The summed E-state index contributed by atoms with van der Waals surface area (Å²) in [7, 11) is 0. The van der Waals surface area contributed by atoms with Crippen LogP contribution in [0.1, 0.15) is 131 Å². The fraction of sp³-hybridized carbons (Fsp3) is 0.894. The molecule has 9 aliphatic heterocycles. The smallest absolute Gasteiger partial charge is 0.306 e. The Morgan fingerprint density at radius 3 is 2.36 bits per heavy atom. The van der Waals surface area contributed by atoms with Gasteiger partial charge in [0.15, 0.2) is 23.1 Å². The molecule has 9 aliphatic rings. The van der Waals surface area contributed by atoms with Crippen molar-refractivity contribution in [2.45, 2.75) is 221 Å². The molecule has 9 heterocycles. The Hall–Kier alpha value is -1.53. The molecule has 21 atom stereocenters. The minimum atomic E-state index is -1.89. The van der Waals surface area contributed by atoms with Crippen LogP contribution in [0.2, 0.25) is 0 Å². The van der Waals surface area contributed by atoms with Crippen LogP contribution < -0.4 is 5.32 Å². The van der Waals surface area contributed by atoms with Gasteiger partial charge in [0.2, 0.25) is 0 Å². The van der Waals surface area contributed by atoms with E-state index in [0.29, 0.717) is 56.8 Å². The van der Waals surface area contributed by atoms with E-state index in [1.807, 2.05) is 6.92 Å². The molecule has 14 heteroatoms. The molecule has 2 bridgehead atoms. The maximum Gasteiger partial charge on any atom is 0.306 e. The third-order valence-corrected chi connectivity index (χ3v) is 16.3. The second-order valence-corrected chi connectivity index (χ2v) is 21.4. The summed E-state index contributed by atoms with van der Waals surface area (Å²) in [4.78, 5) is 11.1. The van der Waals surface area contributed by atoms with Crippen LogP contribution in [-0.4, -0.2) is 123 Å². The highest BCUT2D eigenvalue weighted by molar-refractivity contribution is 5.67. The van der Waals surface area contributed by atoms with Crippen LogP contribution >= 0.6 is 0 Å². The number of ether oxygens (including phenoxy) is 8. The number of carbonyl (C=O) groups is 1. The summed E-state index contributed by atoms with van der Waals surface area (Å²) < 4.78 is 54.3. The minimum absolute atomic E-state index is 0.0301. The lowest BCUT2D eigenvalue weighted by Crippen LogP contribution is -2.62. The first-order valence-electron chi connectivity index (χ1n) is 23.7. The standard InChI is InChI=1S/C47H73NO13/c1-25-15-33(11-10-32(49)19-39(50)51)55-43(21-25)12-13-46(61-43)30(6)18-34-35(58-46)20-37(54-34)42(52)47(53)31(7)17-27(3)40(60-47)28(4)23-44-22-26(2)16-36(56-44)41-38(57-44)24-45(59-41)29(5)9-8-14-48-45/h10-11,25-27,29-38,40-42,48-49,52-53H,4,8-9,12-24H2,1-3,5-7H3,(H,50,51)/b11-10+. The molecule has 9 fully saturated rings. The van der Waals surface area contributed by atoms with Gasteiger partial charge in [-0.3, -0.25) is 10.1 Å². The van der Waals surface area contributed by atoms with E-state index < -0.39 is 59.3 Å². The first-order chi connectivity index (χ1) is 28.8. The fourth-order valence-corrected chi connectivity index (χ4v) is 13.3. The number of carboxylic acid groups (broad SMARTS) is 1. The predicted molar refractivity (Wildman–Crippen MR) is 220 cm³/mol. The number of nitrogens with one attached hydrogen (secondary N) is 1. The number of hydrogen-bond donors (Lipinski definition) is 5. The first-order valence-corrected chi connectivity index (χ1v) is 23.7. The summed E-state index contributed by atoms with van der Waals surface area (Å²) in [6.45, 7) is 18.3. The van der Waals surface area contributed by atoms with Crippen molar-refractivity contribution in [3.8, 4) is 0 Å². The van der Waals surface area contributed by atoms with Crippen molar-refractivity contribution >= 4 is 5.97 Å². The number of aliphatic hydroxyl groups is 3. The third-order valence-electron chi connectivity index (χ3n) is 16.3. The first kappa shape index (κ1) is 44.7. The van der Waals surface area contributed by atoms with Gasteiger partial charge in [-0.15, -0.1) is 0 Å². The van der Waals surface area contributed by atoms with E-state index in [4.69, 9.17) is 43.0 Å². The molecule has 14 nitrogen and oxygen atoms in total. The van der Waals surface area contributed by atoms with Crippen LogP contribution in [0, 0.1) is 35.5 Å². The molecule has 0 radical (unpaired) electrons. The minimum Gasteiger partial charge on any atom is -0.481 e. The maximum atomic E-state index is 12.4. The van der Waals surface area contributed by atoms with Crippen molar-refractivity contribution in [3.05, 3.63) is 24.3 Å². The Balaban J connectivity index is 0.850. The van der Waals surface area contributed by atoms with Gasteiger partial charge in [-0.1, -0.05) is 60.3 Å². The Morgan fingerprint density at radius 2 is 1.59 bits per heavy atom. The van der Waals surface area contributed by atoms with Gasteiger partial charge in [0.25, 0.3) is 0 Å². The topological polar surface area (TPSA) is 184 Å². The average Bonchev–Trinajstić information content (AvgIpc) is 3.86. The Morgan fingerprint density at radius 1 is 0.820 bits per heavy atom. The number of hydrogen-bond acceptors (Lipinski definition) is 13. The average molecular weight is 860 g/mol. The van der Waals surface area contributed by atoms with Crippen molar-refractivity contribution in [2.75, 3.05) is 6.54 Å². The van der Waals surface area contributed by atoms with Crippen molar-refractivity contribution in [1.29, 1.82) is 0 Å². The Kier molecular flexibility index (Phi) is 12.0. The summed E-state index contributed by atoms with van der Waals surface area (Å²) in [6.07, 6.45) is 7.34. The highest BCUT2D eigenvalue weighted by Crippen LogP contribution is 2.56. The van der Waals surface area contributed by atoms with Gasteiger partial charge >= 0.3 is 5.97 Å². The summed E-state index contributed by atoms with van der Waals surface area (Å²) in [5, 5.41) is 47.5. The van der Waals surface area contributed by atoms with Crippen molar-refractivity contribution < 1.29 is 63.1 Å². The zero-order valence-electron chi connectivity index (χ0n) is 37.2. The number of aliphatic carboxylic acids is 1. The number of carboxylic acids is 1. The highest BCUT2D eigenvalue weighted by atomic mass is 16.8. The van der Waals surface area contributed by atoms with Crippen molar-refractivity contribution in [1.82, 2.24) is 5.32 Å². The molecule has 0 aromatic carbocycles. The van der Waals surface area contributed by atoms with Crippen LogP contribution in [0.3, 0.4) is 0 Å². The third kappa shape index (κ3) is 8.24. The lowest BCUT2D eigenvalue weighted by Gasteiger charge is -2.53. The number of fused-ring (bicyclic) bond motifs is 5. The van der Waals surface area contributed by atoms with E-state index in [1.165, 1.54) is 6.08 Å². The van der Waals surface area contributed by atoms with E-state index in [9.17, 15) is 20.1 Å². The van der Waals surface area contributed by atoms with Gasteiger partial charge in [-0.05, 0) is 74.3 Å². The zero-order chi connectivity index (χ0) is 43.3. The van der Waals surface area contributed by atoms with Crippen LogP contribution in [0.5, 0.6) is 0 Å². The van der Waals surface area contributed by atoms with Gasteiger partial charge in [0.1, 0.15) is 17.9 Å². The summed E-state index contributed by atoms with van der Waals surface area (Å²) in [5.41, 5.74) is 0.396. The Bertz CT molecular complexity index is 1680. The molecule has 0 aliphatic carbocycles. The fourth-order valence-electron chi connectivity index (χ4n) is 13.3. The summed E-state index contributed by atoms with van der Waals surface area (Å²) >= 11 is 0. The molecule has 21 unspecified atom stereocenters. The number of aliphatic hydroxyl groups excluding tert-OH is 2. The lowest BCUT2D eigenvalue weighted by atomic mass is 9.76. The van der Waals surface area contributed by atoms with Crippen LogP contribution in [-0.2, 0) is 42.7 Å². The lowest BCUT2D eigenvalue weighted by molar-refractivity contribution is -0.377. The molecule has 61 heavy (non-hydrogen) atoms. The van der Waals surface area contributed by atoms with Crippen LogP contribution in [0.25, 0.3) is 0 Å². The second kappa shape index (κ2) is 16.4. The van der Waals surface area contributed by atoms with Gasteiger partial charge in [-0.2, -0.15) is 0 Å². The van der Waals surface area contributed by atoms with Gasteiger partial charge in [-0.25, -0.2) is 0 Å². The zero-order valence-corrected chi connectivity index (χ0v) is 37.2. The summed E-state index contributed by atoms with van der Waals surface area (Å²) in [6, 6.07) is 0. The molecule has 0 amide bonds. The summed E-state index contributed by atoms with van der Waals surface area (Å²) in [5.74, 6) is -4.98. The van der Waals surface area contributed by atoms with Crippen molar-refractivity contribution in [3.63, 3.8) is 0 Å². The normalized spacial score (nSPS) is 53.0. The van der Waals surface area contributed by atoms with E-state index in [0.717, 1.165) is 50.6 Å². The van der Waals surface area contributed by atoms with Crippen LogP contribution in [0.15, 0.2) is 24.3 Å². The molecule has 0 saturated carbocycles. The maximum absolute atomic E-state index is 12.4. The SMILES string of the molecule is C=C(CC12CC(C)CC(O1)C1OC3(CC1O2)NCCCC3C)C1OC(O)(C(O)C2CC3OC4(CCC5(CC(C)CC(/C=C/C(O)CC(=O)O)O5)O4)C(C)CC3O2)C(C)CC1C.